The Hall–Kier alpha value is -3.76. The highest BCUT2D eigenvalue weighted by atomic mass is 16.5. The van der Waals surface area contributed by atoms with Crippen LogP contribution in [0.25, 0.3) is 5.65 Å². The molecule has 2 atom stereocenters. The van der Waals surface area contributed by atoms with Crippen molar-refractivity contribution in [2.24, 2.45) is 13.0 Å². The quantitative estimate of drug-likeness (QED) is 0.545. The average molecular weight is 426 g/mol. The van der Waals surface area contributed by atoms with Gasteiger partial charge in [-0.1, -0.05) is 13.5 Å². The van der Waals surface area contributed by atoms with Gasteiger partial charge in [-0.3, -0.25) is 13.9 Å². The minimum absolute atomic E-state index is 0.00232. The second-order valence-electron chi connectivity index (χ2n) is 7.49. The predicted octanol–water partition coefficient (Wildman–Crippen LogP) is 1.35. The van der Waals surface area contributed by atoms with Gasteiger partial charge < -0.3 is 25.0 Å². The minimum Gasteiger partial charge on any atom is -0.481 e. The Bertz CT molecular complexity index is 1120. The largest absolute Gasteiger partial charge is 0.481 e. The molecule has 1 aliphatic rings. The smallest absolute Gasteiger partial charge is 0.256 e. The summed E-state index contributed by atoms with van der Waals surface area (Å²) in [4.78, 5) is 23.2. The third-order valence-corrected chi connectivity index (χ3v) is 5.35. The van der Waals surface area contributed by atoms with Crippen molar-refractivity contribution in [1.29, 1.82) is 0 Å². The van der Waals surface area contributed by atoms with E-state index >= 15 is 0 Å². The van der Waals surface area contributed by atoms with Gasteiger partial charge in [0.1, 0.15) is 11.5 Å². The van der Waals surface area contributed by atoms with Gasteiger partial charge in [0.15, 0.2) is 11.5 Å². The number of aryl methyl sites for hydroxylation is 1. The third kappa shape index (κ3) is 3.86. The van der Waals surface area contributed by atoms with Crippen LogP contribution in [0.2, 0.25) is 0 Å². The first kappa shape index (κ1) is 20.5. The summed E-state index contributed by atoms with van der Waals surface area (Å²) >= 11 is 0. The molecule has 1 fully saturated rings. The first-order chi connectivity index (χ1) is 14.9. The Balaban J connectivity index is 1.71. The molecule has 2 N–H and O–H groups in total. The van der Waals surface area contributed by atoms with E-state index in [1.54, 1.807) is 25.1 Å². The molecule has 11 nitrogen and oxygen atoms in total. The molecule has 1 amide bonds. The fraction of sp³-hybridized carbons (Fsp3) is 0.400. The Morgan fingerprint density at radius 3 is 2.81 bits per heavy atom. The molecule has 0 radical (unpaired) electrons. The number of methoxy groups -OCH3 is 2. The van der Waals surface area contributed by atoms with E-state index < -0.39 is 0 Å². The summed E-state index contributed by atoms with van der Waals surface area (Å²) in [7, 11) is 4.98. The summed E-state index contributed by atoms with van der Waals surface area (Å²) < 4.78 is 14.3. The lowest BCUT2D eigenvalue weighted by molar-refractivity contribution is -0.117. The predicted molar refractivity (Wildman–Crippen MR) is 116 cm³/mol. The summed E-state index contributed by atoms with van der Waals surface area (Å²) in [6, 6.07) is 0.00232. The molecule has 0 bridgehead atoms. The Labute approximate surface area is 179 Å². The van der Waals surface area contributed by atoms with Crippen LogP contribution >= 0.6 is 0 Å². The molecule has 0 aromatic carbocycles. The highest BCUT2D eigenvalue weighted by Crippen LogP contribution is 2.31. The van der Waals surface area contributed by atoms with Crippen molar-refractivity contribution in [2.45, 2.75) is 13.0 Å². The summed E-state index contributed by atoms with van der Waals surface area (Å²) in [5.41, 5.74) is 1.28. The van der Waals surface area contributed by atoms with Gasteiger partial charge in [-0.15, -0.1) is 5.10 Å². The Kier molecular flexibility index (Phi) is 5.40. The van der Waals surface area contributed by atoms with Crippen molar-refractivity contribution < 1.29 is 14.3 Å². The summed E-state index contributed by atoms with van der Waals surface area (Å²) in [5, 5.41) is 10.6. The van der Waals surface area contributed by atoms with Crippen LogP contribution in [0.1, 0.15) is 6.92 Å². The second-order valence-corrected chi connectivity index (χ2v) is 7.49. The van der Waals surface area contributed by atoms with Crippen LogP contribution in [0.15, 0.2) is 31.2 Å². The van der Waals surface area contributed by atoms with Crippen LogP contribution in [-0.4, -0.2) is 63.4 Å². The number of nitrogens with zero attached hydrogens (tertiary/aromatic N) is 6. The van der Waals surface area contributed by atoms with E-state index in [9.17, 15) is 4.79 Å². The van der Waals surface area contributed by atoms with Gasteiger partial charge in [0, 0.05) is 20.1 Å². The van der Waals surface area contributed by atoms with Gasteiger partial charge in [0.25, 0.3) is 5.88 Å². The number of ether oxygens (including phenoxy) is 2. The number of fused-ring (bicyclic) bond motifs is 1. The highest BCUT2D eigenvalue weighted by molar-refractivity contribution is 5.87. The van der Waals surface area contributed by atoms with Crippen LogP contribution in [-0.2, 0) is 11.8 Å². The van der Waals surface area contributed by atoms with Gasteiger partial charge in [0.05, 0.1) is 38.9 Å². The molecule has 0 saturated carbocycles. The zero-order valence-electron chi connectivity index (χ0n) is 18.0. The molecule has 1 aliphatic heterocycles. The number of nitrogens with one attached hydrogen (secondary N) is 2. The molecule has 3 aromatic rings. The third-order valence-electron chi connectivity index (χ3n) is 5.35. The first-order valence-electron chi connectivity index (χ1n) is 9.88. The van der Waals surface area contributed by atoms with E-state index in [1.807, 2.05) is 23.8 Å². The Morgan fingerprint density at radius 2 is 2.10 bits per heavy atom. The molecule has 31 heavy (non-hydrogen) atoms. The summed E-state index contributed by atoms with van der Waals surface area (Å²) in [6.45, 7) is 7.01. The van der Waals surface area contributed by atoms with E-state index in [0.29, 0.717) is 35.5 Å². The maximum absolute atomic E-state index is 11.8. The fourth-order valence-corrected chi connectivity index (χ4v) is 3.76. The fourth-order valence-electron chi connectivity index (χ4n) is 3.76. The topological polar surface area (TPSA) is 111 Å². The zero-order valence-corrected chi connectivity index (χ0v) is 18.0. The lowest BCUT2D eigenvalue weighted by Crippen LogP contribution is -2.39. The van der Waals surface area contributed by atoms with Crippen molar-refractivity contribution in [3.63, 3.8) is 0 Å². The first-order valence-corrected chi connectivity index (χ1v) is 9.88. The maximum atomic E-state index is 11.8. The maximum Gasteiger partial charge on any atom is 0.256 e. The van der Waals surface area contributed by atoms with E-state index in [0.717, 1.165) is 12.4 Å². The number of carbonyl (C=O) groups is 1. The monoisotopic (exact) mass is 426 g/mol. The van der Waals surface area contributed by atoms with E-state index in [2.05, 4.69) is 39.1 Å². The van der Waals surface area contributed by atoms with E-state index in [1.165, 1.54) is 6.08 Å². The second kappa shape index (κ2) is 8.17. The number of imidazole rings is 1. The molecular formula is C20H26N8O3. The average Bonchev–Trinajstić information content (AvgIpc) is 3.44. The van der Waals surface area contributed by atoms with Gasteiger partial charge in [-0.25, -0.2) is 9.97 Å². The van der Waals surface area contributed by atoms with Gasteiger partial charge in [0.2, 0.25) is 11.8 Å². The summed E-state index contributed by atoms with van der Waals surface area (Å²) in [6.07, 6.45) is 6.63. The molecule has 164 valence electrons. The number of aromatic nitrogens is 5. The van der Waals surface area contributed by atoms with Crippen LogP contribution in [0.5, 0.6) is 11.8 Å². The standard InChI is InChI=1S/C20H26N8O3/c1-6-16(29)22-13-10-27(8-12(13)2)15-11-28-17(30-4)7-21-19(28)18(24-15)23-14-9-26(3)25-20(14)31-5/h6-7,9,11-13H,1,8,10H2,2-5H3,(H,22,29)(H,23,24). The molecular weight excluding hydrogens is 400 g/mol. The Morgan fingerprint density at radius 1 is 1.29 bits per heavy atom. The molecule has 4 rings (SSSR count). The number of anilines is 3. The van der Waals surface area contributed by atoms with E-state index in [-0.39, 0.29) is 17.9 Å². The van der Waals surface area contributed by atoms with Crippen LogP contribution in [0.4, 0.5) is 17.3 Å². The van der Waals surface area contributed by atoms with Crippen molar-refractivity contribution in [2.75, 3.05) is 37.5 Å². The zero-order chi connectivity index (χ0) is 22.1. The normalized spacial score (nSPS) is 18.3. The summed E-state index contributed by atoms with van der Waals surface area (Å²) in [5.74, 6) is 2.39. The number of carbonyl (C=O) groups excluding carboxylic acids is 1. The van der Waals surface area contributed by atoms with Crippen molar-refractivity contribution in [3.05, 3.63) is 31.2 Å². The van der Waals surface area contributed by atoms with Crippen LogP contribution in [0, 0.1) is 5.92 Å². The molecule has 3 aromatic heterocycles. The highest BCUT2D eigenvalue weighted by Gasteiger charge is 2.32. The van der Waals surface area contributed by atoms with Gasteiger partial charge >= 0.3 is 0 Å². The molecule has 11 heteroatoms. The van der Waals surface area contributed by atoms with Gasteiger partial charge in [-0.05, 0) is 12.0 Å². The molecule has 0 spiro atoms. The molecule has 2 unspecified atom stereocenters. The minimum atomic E-state index is -0.176. The van der Waals surface area contributed by atoms with Crippen LogP contribution in [0.3, 0.4) is 0 Å². The number of amides is 1. The lowest BCUT2D eigenvalue weighted by atomic mass is 10.1. The molecule has 0 aliphatic carbocycles. The lowest BCUT2D eigenvalue weighted by Gasteiger charge is -2.19. The van der Waals surface area contributed by atoms with Crippen molar-refractivity contribution >= 4 is 28.9 Å². The van der Waals surface area contributed by atoms with Crippen molar-refractivity contribution in [3.8, 4) is 11.8 Å². The number of hydrogen-bond donors (Lipinski definition) is 2. The van der Waals surface area contributed by atoms with Crippen LogP contribution < -0.4 is 25.0 Å². The van der Waals surface area contributed by atoms with Gasteiger partial charge in [-0.2, -0.15) is 0 Å². The number of hydrogen-bond acceptors (Lipinski definition) is 8. The number of rotatable bonds is 7. The van der Waals surface area contributed by atoms with E-state index in [4.69, 9.17) is 14.5 Å². The SMILES string of the molecule is C=CC(=O)NC1CN(c2cn3c(OC)cnc3c(Nc3cn(C)nc3OC)n2)CC1C. The molecule has 1 saturated heterocycles. The molecule has 4 heterocycles. The van der Waals surface area contributed by atoms with Crippen molar-refractivity contribution in [1.82, 2.24) is 29.5 Å².